The molecule has 2 nitrogen and oxygen atoms in total. The number of benzene rings is 9. The Morgan fingerprint density at radius 1 is 0.328 bits per heavy atom. The van der Waals surface area contributed by atoms with Crippen LogP contribution in [0.15, 0.2) is 218 Å². The van der Waals surface area contributed by atoms with Crippen molar-refractivity contribution in [3.05, 3.63) is 230 Å². The van der Waals surface area contributed by atoms with Gasteiger partial charge >= 0.3 is 0 Å². The molecule has 0 aliphatic heterocycles. The number of hydrogen-bond acceptors (Lipinski definition) is 0. The Morgan fingerprint density at radius 3 is 1.16 bits per heavy atom. The Balaban J connectivity index is 1.22. The highest BCUT2D eigenvalue weighted by molar-refractivity contribution is 7.20. The van der Waals surface area contributed by atoms with E-state index in [0.717, 1.165) is 6.42 Å². The van der Waals surface area contributed by atoms with Crippen molar-refractivity contribution in [2.24, 2.45) is 0 Å². The number of para-hydroxylation sites is 4. The fourth-order valence-corrected chi connectivity index (χ4v) is 15.3. The fraction of sp³-hybridized carbons (Fsp3) is 0.0182. The van der Waals surface area contributed by atoms with Gasteiger partial charge in [0, 0.05) is 32.9 Å². The van der Waals surface area contributed by atoms with Crippen molar-refractivity contribution in [2.45, 2.75) is 6.42 Å². The second-order valence-corrected chi connectivity index (χ2v) is 19.4. The quantitative estimate of drug-likeness (QED) is 0.118. The second-order valence-electron chi connectivity index (χ2n) is 15.6. The van der Waals surface area contributed by atoms with E-state index in [1.165, 1.54) is 98.0 Å². The molecule has 1 aliphatic rings. The minimum Gasteiger partial charge on any atom is -0.309 e. The van der Waals surface area contributed by atoms with E-state index < -0.39 is 8.07 Å². The van der Waals surface area contributed by atoms with Crippen LogP contribution >= 0.6 is 0 Å². The molecule has 0 N–H and O–H groups in total. The van der Waals surface area contributed by atoms with Gasteiger partial charge < -0.3 is 9.13 Å². The minimum atomic E-state index is -2.93. The van der Waals surface area contributed by atoms with Crippen molar-refractivity contribution in [1.82, 2.24) is 9.13 Å². The summed E-state index contributed by atoms with van der Waals surface area (Å²) < 4.78 is 4.97. The Kier molecular flexibility index (Phi) is 7.35. The first kappa shape index (κ1) is 33.0. The van der Waals surface area contributed by atoms with E-state index in [1.54, 1.807) is 0 Å². The first-order valence-electron chi connectivity index (χ1n) is 20.2. The minimum absolute atomic E-state index is 0.877. The zero-order valence-corrected chi connectivity index (χ0v) is 32.9. The van der Waals surface area contributed by atoms with Gasteiger partial charge in [0.2, 0.25) is 0 Å². The maximum atomic E-state index is 2.58. The molecular weight excluding hydrogens is 717 g/mol. The van der Waals surface area contributed by atoms with Gasteiger partial charge in [0.1, 0.15) is 0 Å². The van der Waals surface area contributed by atoms with Crippen LogP contribution in [0.3, 0.4) is 0 Å². The van der Waals surface area contributed by atoms with E-state index >= 15 is 0 Å². The summed E-state index contributed by atoms with van der Waals surface area (Å²) in [6.07, 6.45) is 0.877. The Hall–Kier alpha value is -7.20. The molecule has 0 fully saturated rings. The van der Waals surface area contributed by atoms with Gasteiger partial charge in [-0.15, -0.1) is 0 Å². The van der Waals surface area contributed by atoms with Crippen molar-refractivity contribution < 1.29 is 0 Å². The maximum absolute atomic E-state index is 2.93. The van der Waals surface area contributed by atoms with Crippen LogP contribution in [0.1, 0.15) is 11.1 Å². The van der Waals surface area contributed by atoms with E-state index in [-0.39, 0.29) is 0 Å². The van der Waals surface area contributed by atoms with E-state index in [0.29, 0.717) is 0 Å². The van der Waals surface area contributed by atoms with Gasteiger partial charge in [-0.05, 0) is 98.0 Å². The topological polar surface area (TPSA) is 9.86 Å². The summed E-state index contributed by atoms with van der Waals surface area (Å²) in [5.41, 5.74) is 12.7. The molecule has 58 heavy (non-hydrogen) atoms. The zero-order chi connectivity index (χ0) is 38.2. The molecule has 0 saturated heterocycles. The standard InChI is InChI=1S/C55H38N2Si/c1-4-18-41(19-5-1)58(42-20-6-2-7-21-42,43-22-8-3-9-23-43)55-37-40(57-53-30-16-12-26-46(53)47-27-13-17-31-54(47)57)36-49-48-35-39(33-32-38(48)34-50(49)55)56-51-28-14-10-24-44(51)45-25-11-15-29-52(45)56/h1-33,35-37H,34H2. The SMILES string of the molecule is c1ccc([Si](c2ccccc2)(c2ccccc2)c2cc(-n3c4ccccc4c4ccccc43)cc3c2Cc2ccc(-n4c5ccccc5c5ccccc54)cc2-3)cc1. The van der Waals surface area contributed by atoms with Crippen molar-refractivity contribution in [2.75, 3.05) is 0 Å². The molecule has 0 atom stereocenters. The largest absolute Gasteiger partial charge is 0.309 e. The predicted octanol–water partition coefficient (Wildman–Crippen LogP) is 10.8. The third-order valence-electron chi connectivity index (χ3n) is 12.7. The lowest BCUT2D eigenvalue weighted by Crippen LogP contribution is -2.75. The van der Waals surface area contributed by atoms with Crippen molar-refractivity contribution in [1.29, 1.82) is 0 Å². The summed E-state index contributed by atoms with van der Waals surface area (Å²) in [6.45, 7) is 0. The third kappa shape index (κ3) is 4.71. The van der Waals surface area contributed by atoms with Crippen LogP contribution in [-0.4, -0.2) is 17.2 Å². The molecule has 12 rings (SSSR count). The molecule has 9 aromatic carbocycles. The maximum Gasteiger partial charge on any atom is 0.180 e. The summed E-state index contributed by atoms with van der Waals surface area (Å²) in [4.78, 5) is 0. The lowest BCUT2D eigenvalue weighted by atomic mass is 10.0. The lowest BCUT2D eigenvalue weighted by Gasteiger charge is -2.36. The third-order valence-corrected chi connectivity index (χ3v) is 17.5. The summed E-state index contributed by atoms with van der Waals surface area (Å²) in [5.74, 6) is 0. The first-order valence-corrected chi connectivity index (χ1v) is 22.2. The van der Waals surface area contributed by atoms with Crippen LogP contribution in [0.5, 0.6) is 0 Å². The first-order chi connectivity index (χ1) is 28.8. The predicted molar refractivity (Wildman–Crippen MR) is 247 cm³/mol. The summed E-state index contributed by atoms with van der Waals surface area (Å²) in [6, 6.07) is 81.9. The van der Waals surface area contributed by atoms with Gasteiger partial charge in [0.25, 0.3) is 0 Å². The van der Waals surface area contributed by atoms with E-state index in [2.05, 4.69) is 228 Å². The summed E-state index contributed by atoms with van der Waals surface area (Å²) >= 11 is 0. The van der Waals surface area contributed by atoms with Gasteiger partial charge in [0.05, 0.1) is 22.1 Å². The van der Waals surface area contributed by atoms with Crippen molar-refractivity contribution >= 4 is 72.4 Å². The molecular formula is C55H38N2Si. The van der Waals surface area contributed by atoms with Gasteiger partial charge in [-0.1, -0.05) is 170 Å². The van der Waals surface area contributed by atoms with Crippen LogP contribution in [0.25, 0.3) is 66.1 Å². The van der Waals surface area contributed by atoms with Gasteiger partial charge in [-0.2, -0.15) is 0 Å². The van der Waals surface area contributed by atoms with Gasteiger partial charge in [0.15, 0.2) is 8.07 Å². The average Bonchev–Trinajstić information content (AvgIpc) is 3.95. The van der Waals surface area contributed by atoms with Crippen LogP contribution in [0.2, 0.25) is 0 Å². The highest BCUT2D eigenvalue weighted by Crippen LogP contribution is 2.42. The molecule has 2 aromatic heterocycles. The van der Waals surface area contributed by atoms with Crippen molar-refractivity contribution in [3.63, 3.8) is 0 Å². The number of nitrogens with zero attached hydrogens (tertiary/aromatic N) is 2. The molecule has 272 valence electrons. The van der Waals surface area contributed by atoms with Crippen LogP contribution < -0.4 is 20.7 Å². The van der Waals surface area contributed by atoms with E-state index in [4.69, 9.17) is 0 Å². The molecule has 1 aliphatic carbocycles. The lowest BCUT2D eigenvalue weighted by molar-refractivity contribution is 1.17. The Labute approximate surface area is 338 Å². The molecule has 2 heterocycles. The van der Waals surface area contributed by atoms with Crippen LogP contribution in [0, 0.1) is 0 Å². The molecule has 3 heteroatoms. The molecule has 11 aromatic rings. The Morgan fingerprint density at radius 2 is 0.707 bits per heavy atom. The second kappa shape index (κ2) is 12.9. The normalized spacial score (nSPS) is 12.4. The molecule has 0 amide bonds. The molecule has 0 spiro atoms. The van der Waals surface area contributed by atoms with Gasteiger partial charge in [-0.25, -0.2) is 0 Å². The summed E-state index contributed by atoms with van der Waals surface area (Å²) in [5, 5.41) is 10.7. The number of aromatic nitrogens is 2. The molecule has 0 bridgehead atoms. The molecule has 0 saturated carbocycles. The molecule has 0 radical (unpaired) electrons. The van der Waals surface area contributed by atoms with E-state index in [1.807, 2.05) is 0 Å². The summed E-state index contributed by atoms with van der Waals surface area (Å²) in [7, 11) is -2.93. The number of rotatable bonds is 6. The van der Waals surface area contributed by atoms with E-state index in [9.17, 15) is 0 Å². The van der Waals surface area contributed by atoms with Crippen LogP contribution in [0.4, 0.5) is 0 Å². The highest BCUT2D eigenvalue weighted by Gasteiger charge is 2.44. The Bertz CT molecular complexity index is 3160. The van der Waals surface area contributed by atoms with Crippen LogP contribution in [-0.2, 0) is 6.42 Å². The average molecular weight is 755 g/mol. The van der Waals surface area contributed by atoms with Gasteiger partial charge in [-0.3, -0.25) is 0 Å². The monoisotopic (exact) mass is 754 g/mol. The smallest absolute Gasteiger partial charge is 0.180 e. The number of fused-ring (bicyclic) bond motifs is 9. The highest BCUT2D eigenvalue weighted by atomic mass is 28.3. The molecule has 0 unspecified atom stereocenters. The number of hydrogen-bond donors (Lipinski definition) is 0. The zero-order valence-electron chi connectivity index (χ0n) is 31.9. The fourth-order valence-electron chi connectivity index (χ4n) is 10.3. The van der Waals surface area contributed by atoms with Crippen molar-refractivity contribution in [3.8, 4) is 22.5 Å².